The number of halogens is 1. The van der Waals surface area contributed by atoms with Crippen molar-refractivity contribution in [3.8, 4) is 5.75 Å². The van der Waals surface area contributed by atoms with Gasteiger partial charge in [0.1, 0.15) is 11.6 Å². The van der Waals surface area contributed by atoms with Crippen LogP contribution in [0.2, 0.25) is 0 Å². The Morgan fingerprint density at radius 2 is 2.00 bits per heavy atom. The number of hydrogen-bond acceptors (Lipinski definition) is 4. The van der Waals surface area contributed by atoms with Crippen molar-refractivity contribution in [2.24, 2.45) is 0 Å². The number of carbonyl (C=O) groups excluding carboxylic acids is 2. The van der Waals surface area contributed by atoms with Crippen LogP contribution in [0.1, 0.15) is 0 Å². The second-order valence-corrected chi connectivity index (χ2v) is 2.79. The van der Waals surface area contributed by atoms with Gasteiger partial charge in [0.05, 0.1) is 19.9 Å². The highest BCUT2D eigenvalue weighted by Gasteiger charge is 2.16. The number of benzene rings is 1. The van der Waals surface area contributed by atoms with Gasteiger partial charge in [-0.15, -0.1) is 0 Å². The highest BCUT2D eigenvalue weighted by Crippen LogP contribution is 2.24. The molecule has 1 aromatic carbocycles. The minimum Gasteiger partial charge on any atom is -0.495 e. The number of esters is 1. The molecule has 1 amide bonds. The highest BCUT2D eigenvalue weighted by molar-refractivity contribution is 6.37. The van der Waals surface area contributed by atoms with Gasteiger partial charge in [0, 0.05) is 6.07 Å². The van der Waals surface area contributed by atoms with E-state index in [4.69, 9.17) is 4.74 Å². The van der Waals surface area contributed by atoms with Crippen LogP contribution in [0, 0.1) is 5.82 Å². The standard InChI is InChI=1S/C10H10FNO4/c1-15-8-4-3-6(11)5-7(8)12-9(13)10(14)16-2/h3-5H,1-2H3,(H,12,13). The first-order valence-electron chi connectivity index (χ1n) is 4.31. The van der Waals surface area contributed by atoms with Gasteiger partial charge in [0.15, 0.2) is 0 Å². The Kier molecular flexibility index (Phi) is 3.82. The lowest BCUT2D eigenvalue weighted by atomic mass is 10.3. The van der Waals surface area contributed by atoms with Gasteiger partial charge in [-0.3, -0.25) is 4.79 Å². The Labute approximate surface area is 91.2 Å². The third-order valence-electron chi connectivity index (χ3n) is 1.78. The lowest BCUT2D eigenvalue weighted by Crippen LogP contribution is -2.24. The summed E-state index contributed by atoms with van der Waals surface area (Å²) in [6.45, 7) is 0. The zero-order valence-corrected chi connectivity index (χ0v) is 8.74. The van der Waals surface area contributed by atoms with E-state index in [0.717, 1.165) is 13.2 Å². The molecule has 0 heterocycles. The monoisotopic (exact) mass is 227 g/mol. The molecule has 0 atom stereocenters. The van der Waals surface area contributed by atoms with Gasteiger partial charge in [-0.1, -0.05) is 0 Å². The number of nitrogens with one attached hydrogen (secondary N) is 1. The van der Waals surface area contributed by atoms with Crippen molar-refractivity contribution in [3.63, 3.8) is 0 Å². The molecule has 1 N–H and O–H groups in total. The van der Waals surface area contributed by atoms with Crippen molar-refractivity contribution in [2.75, 3.05) is 19.5 Å². The Bertz CT molecular complexity index is 419. The van der Waals surface area contributed by atoms with Gasteiger partial charge in [0.25, 0.3) is 0 Å². The SMILES string of the molecule is COC(=O)C(=O)Nc1cc(F)ccc1OC. The fraction of sp³-hybridized carbons (Fsp3) is 0.200. The summed E-state index contributed by atoms with van der Waals surface area (Å²) in [4.78, 5) is 22.0. The minimum absolute atomic E-state index is 0.0675. The van der Waals surface area contributed by atoms with Crippen molar-refractivity contribution in [3.05, 3.63) is 24.0 Å². The molecule has 0 saturated carbocycles. The summed E-state index contributed by atoms with van der Waals surface area (Å²) >= 11 is 0. The molecule has 5 nitrogen and oxygen atoms in total. The largest absolute Gasteiger partial charge is 0.495 e. The Morgan fingerprint density at radius 3 is 2.56 bits per heavy atom. The summed E-state index contributed by atoms with van der Waals surface area (Å²) in [5, 5.41) is 2.17. The average molecular weight is 227 g/mol. The molecule has 6 heteroatoms. The molecule has 0 saturated heterocycles. The summed E-state index contributed by atoms with van der Waals surface area (Å²) in [6.07, 6.45) is 0. The maximum atomic E-state index is 12.9. The molecule has 0 radical (unpaired) electrons. The first-order chi connectivity index (χ1) is 7.58. The highest BCUT2D eigenvalue weighted by atomic mass is 19.1. The minimum atomic E-state index is -1.06. The molecule has 86 valence electrons. The number of amides is 1. The summed E-state index contributed by atoms with van der Waals surface area (Å²) in [6, 6.07) is 3.55. The van der Waals surface area contributed by atoms with Gasteiger partial charge in [-0.25, -0.2) is 9.18 Å². The van der Waals surface area contributed by atoms with E-state index < -0.39 is 17.7 Å². The quantitative estimate of drug-likeness (QED) is 0.603. The number of methoxy groups -OCH3 is 2. The van der Waals surface area contributed by atoms with Crippen molar-refractivity contribution in [2.45, 2.75) is 0 Å². The van der Waals surface area contributed by atoms with E-state index in [2.05, 4.69) is 10.1 Å². The second kappa shape index (κ2) is 5.11. The zero-order valence-electron chi connectivity index (χ0n) is 8.74. The van der Waals surface area contributed by atoms with Crippen LogP contribution in [0.3, 0.4) is 0 Å². The average Bonchev–Trinajstić information content (AvgIpc) is 2.28. The predicted molar refractivity (Wildman–Crippen MR) is 53.6 cm³/mol. The molecule has 0 fully saturated rings. The molecule has 16 heavy (non-hydrogen) atoms. The molecule has 1 aromatic rings. The molecule has 0 aliphatic heterocycles. The van der Waals surface area contributed by atoms with Crippen LogP contribution in [-0.4, -0.2) is 26.1 Å². The van der Waals surface area contributed by atoms with Gasteiger partial charge in [0.2, 0.25) is 0 Å². The molecule has 0 aromatic heterocycles. The van der Waals surface area contributed by atoms with E-state index in [1.807, 2.05) is 0 Å². The maximum absolute atomic E-state index is 12.9. The van der Waals surface area contributed by atoms with E-state index >= 15 is 0 Å². The van der Waals surface area contributed by atoms with Crippen LogP contribution in [0.15, 0.2) is 18.2 Å². The number of anilines is 1. The first-order valence-corrected chi connectivity index (χ1v) is 4.31. The second-order valence-electron chi connectivity index (χ2n) is 2.79. The first kappa shape index (κ1) is 12.0. The molecule has 0 unspecified atom stereocenters. The third kappa shape index (κ3) is 2.69. The van der Waals surface area contributed by atoms with E-state index in [9.17, 15) is 14.0 Å². The van der Waals surface area contributed by atoms with Gasteiger partial charge in [-0.05, 0) is 12.1 Å². The van der Waals surface area contributed by atoms with E-state index in [0.29, 0.717) is 0 Å². The van der Waals surface area contributed by atoms with Crippen molar-refractivity contribution < 1.29 is 23.5 Å². The number of rotatable bonds is 2. The van der Waals surface area contributed by atoms with Crippen LogP contribution in [-0.2, 0) is 14.3 Å². The molecule has 0 aliphatic carbocycles. The van der Waals surface area contributed by atoms with E-state index in [-0.39, 0.29) is 11.4 Å². The number of carbonyl (C=O) groups is 2. The number of hydrogen-bond donors (Lipinski definition) is 1. The summed E-state index contributed by atoms with van der Waals surface area (Å²) in [5.41, 5.74) is 0.0675. The maximum Gasteiger partial charge on any atom is 0.396 e. The molecule has 0 aliphatic rings. The van der Waals surface area contributed by atoms with Gasteiger partial charge in [-0.2, -0.15) is 0 Å². The topological polar surface area (TPSA) is 64.6 Å². The lowest BCUT2D eigenvalue weighted by molar-refractivity contribution is -0.150. The van der Waals surface area contributed by atoms with E-state index in [1.54, 1.807) is 0 Å². The van der Waals surface area contributed by atoms with E-state index in [1.165, 1.54) is 19.2 Å². The zero-order chi connectivity index (χ0) is 12.1. The van der Waals surface area contributed by atoms with Gasteiger partial charge >= 0.3 is 11.9 Å². The summed E-state index contributed by atoms with van der Waals surface area (Å²) in [7, 11) is 2.44. The Morgan fingerprint density at radius 1 is 1.31 bits per heavy atom. The van der Waals surface area contributed by atoms with Crippen molar-refractivity contribution in [1.82, 2.24) is 0 Å². The molecule has 0 spiro atoms. The van der Waals surface area contributed by atoms with Gasteiger partial charge < -0.3 is 14.8 Å². The molecular formula is C10H10FNO4. The normalized spacial score (nSPS) is 9.44. The number of ether oxygens (including phenoxy) is 2. The third-order valence-corrected chi connectivity index (χ3v) is 1.78. The summed E-state index contributed by atoms with van der Waals surface area (Å²) < 4.78 is 22.0. The molecular weight excluding hydrogens is 217 g/mol. The predicted octanol–water partition coefficient (Wildman–Crippen LogP) is 0.946. The van der Waals surface area contributed by atoms with Crippen LogP contribution >= 0.6 is 0 Å². The smallest absolute Gasteiger partial charge is 0.396 e. The Hall–Kier alpha value is -2.11. The Balaban J connectivity index is 2.91. The molecule has 0 bridgehead atoms. The summed E-state index contributed by atoms with van der Waals surface area (Å²) in [5.74, 6) is -2.36. The fourth-order valence-electron chi connectivity index (χ4n) is 1.04. The fourth-order valence-corrected chi connectivity index (χ4v) is 1.04. The van der Waals surface area contributed by atoms with Crippen molar-refractivity contribution in [1.29, 1.82) is 0 Å². The van der Waals surface area contributed by atoms with Crippen LogP contribution in [0.5, 0.6) is 5.75 Å². The van der Waals surface area contributed by atoms with Crippen LogP contribution in [0.25, 0.3) is 0 Å². The van der Waals surface area contributed by atoms with Crippen molar-refractivity contribution >= 4 is 17.6 Å². The van der Waals surface area contributed by atoms with Crippen LogP contribution in [0.4, 0.5) is 10.1 Å². The lowest BCUT2D eigenvalue weighted by Gasteiger charge is -2.08. The van der Waals surface area contributed by atoms with Crippen LogP contribution < -0.4 is 10.1 Å². The molecule has 1 rings (SSSR count).